The van der Waals surface area contributed by atoms with E-state index in [1.165, 1.54) is 75.0 Å². The Kier molecular flexibility index (Phi) is 12.5. The van der Waals surface area contributed by atoms with Gasteiger partial charge in [-0.2, -0.15) is 43.9 Å². The molecule has 0 saturated carbocycles. The van der Waals surface area contributed by atoms with Gasteiger partial charge in [0, 0.05) is 23.5 Å². The third-order valence-corrected chi connectivity index (χ3v) is 8.25. The average Bonchev–Trinajstić information content (AvgIpc) is 3.76. The van der Waals surface area contributed by atoms with Crippen LogP contribution < -0.4 is 9.47 Å². The molecule has 6 rings (SSSR count). The summed E-state index contributed by atoms with van der Waals surface area (Å²) < 4.78 is 153. The lowest BCUT2D eigenvalue weighted by molar-refractivity contribution is -0.252. The summed E-state index contributed by atoms with van der Waals surface area (Å²) in [6, 6.07) is 8.58. The Hall–Kier alpha value is -5.64. The van der Waals surface area contributed by atoms with E-state index in [1.54, 1.807) is 13.8 Å². The molecule has 0 N–H and O–H groups in total. The van der Waals surface area contributed by atoms with Crippen LogP contribution in [0.4, 0.5) is 43.9 Å². The Balaban J connectivity index is 0.000000221. The van der Waals surface area contributed by atoms with Crippen LogP contribution in [-0.2, 0) is 21.7 Å². The van der Waals surface area contributed by atoms with Crippen LogP contribution in [0.2, 0.25) is 0 Å². The third kappa shape index (κ3) is 9.72. The standard InChI is InChI=1S/2C18H17F5N4O2/c2*1-4-28-18(22,23)16-26-25-15-8-24-14(9-27(15)16)13-6-5-12(7-10(13)2)29-11(3)17(19,20)21/h2*5-9,11H,4H2,1-3H3/t2*11-/m10/s1. The van der Waals surface area contributed by atoms with Gasteiger partial charge in [0.15, 0.2) is 23.5 Å². The molecule has 2 aromatic carbocycles. The van der Waals surface area contributed by atoms with Gasteiger partial charge in [0.1, 0.15) is 11.5 Å². The number of aromatic nitrogens is 8. The molecule has 4 heterocycles. The average molecular weight is 833 g/mol. The van der Waals surface area contributed by atoms with Crippen molar-refractivity contribution in [3.63, 3.8) is 0 Å². The van der Waals surface area contributed by atoms with Crippen LogP contribution in [0.25, 0.3) is 33.8 Å². The van der Waals surface area contributed by atoms with E-state index in [0.29, 0.717) is 33.6 Å². The van der Waals surface area contributed by atoms with Crippen LogP contribution in [0.5, 0.6) is 11.5 Å². The number of halogens is 10. The van der Waals surface area contributed by atoms with E-state index in [4.69, 9.17) is 9.47 Å². The van der Waals surface area contributed by atoms with Gasteiger partial charge in [0.2, 0.25) is 11.6 Å². The number of hydrogen-bond donors (Lipinski definition) is 0. The molecule has 4 aromatic heterocycles. The van der Waals surface area contributed by atoms with Crippen molar-refractivity contribution < 1.29 is 62.9 Å². The van der Waals surface area contributed by atoms with Crippen molar-refractivity contribution in [3.8, 4) is 34.0 Å². The lowest BCUT2D eigenvalue weighted by Gasteiger charge is -2.18. The van der Waals surface area contributed by atoms with Crippen LogP contribution in [-0.4, -0.2) is 76.9 Å². The van der Waals surface area contributed by atoms with Crippen LogP contribution in [0.1, 0.15) is 50.5 Å². The fourth-order valence-electron chi connectivity index (χ4n) is 5.31. The maximum atomic E-state index is 14.1. The van der Waals surface area contributed by atoms with E-state index in [2.05, 4.69) is 39.8 Å². The first-order valence-corrected chi connectivity index (χ1v) is 17.2. The number of benzene rings is 2. The lowest BCUT2D eigenvalue weighted by Crippen LogP contribution is -2.31. The van der Waals surface area contributed by atoms with Crippen LogP contribution in [0, 0.1) is 13.8 Å². The van der Waals surface area contributed by atoms with E-state index in [-0.39, 0.29) is 36.0 Å². The van der Waals surface area contributed by atoms with Crippen molar-refractivity contribution in [2.45, 2.75) is 78.3 Å². The first-order chi connectivity index (χ1) is 27.1. The molecular formula is C36H34F10N8O4. The van der Waals surface area contributed by atoms with Gasteiger partial charge in [0.25, 0.3) is 0 Å². The smallest absolute Gasteiger partial charge is 0.425 e. The second-order valence-corrected chi connectivity index (χ2v) is 12.5. The molecule has 2 atom stereocenters. The van der Waals surface area contributed by atoms with Gasteiger partial charge in [-0.15, -0.1) is 20.4 Å². The van der Waals surface area contributed by atoms with Crippen molar-refractivity contribution >= 4 is 11.3 Å². The van der Waals surface area contributed by atoms with Crippen molar-refractivity contribution in [3.05, 3.63) is 84.0 Å². The molecule has 0 bridgehead atoms. The molecule has 6 aromatic rings. The molecule has 0 saturated heterocycles. The van der Waals surface area contributed by atoms with Crippen molar-refractivity contribution in [2.24, 2.45) is 0 Å². The Morgan fingerprint density at radius 1 is 0.569 bits per heavy atom. The first-order valence-electron chi connectivity index (χ1n) is 17.2. The minimum Gasteiger partial charge on any atom is -0.481 e. The molecule has 0 radical (unpaired) electrons. The van der Waals surface area contributed by atoms with Gasteiger partial charge in [-0.3, -0.25) is 18.8 Å². The highest BCUT2D eigenvalue weighted by Crippen LogP contribution is 2.34. The van der Waals surface area contributed by atoms with Crippen molar-refractivity contribution in [1.82, 2.24) is 39.2 Å². The zero-order valence-corrected chi connectivity index (χ0v) is 31.3. The molecule has 0 fully saturated rings. The highest BCUT2D eigenvalue weighted by molar-refractivity contribution is 5.66. The number of ether oxygens (including phenoxy) is 4. The largest absolute Gasteiger partial charge is 0.481 e. The molecule has 12 nitrogen and oxygen atoms in total. The highest BCUT2D eigenvalue weighted by Gasteiger charge is 2.41. The summed E-state index contributed by atoms with van der Waals surface area (Å²) in [5.74, 6) is -1.33. The van der Waals surface area contributed by atoms with Gasteiger partial charge >= 0.3 is 24.6 Å². The van der Waals surface area contributed by atoms with Gasteiger partial charge in [-0.25, -0.2) is 0 Å². The minimum absolute atomic E-state index is 0.0324. The number of rotatable bonds is 12. The zero-order valence-electron chi connectivity index (χ0n) is 31.3. The Bertz CT molecular complexity index is 2200. The summed E-state index contributed by atoms with van der Waals surface area (Å²) in [6.45, 7) is 7.51. The van der Waals surface area contributed by atoms with Crippen LogP contribution in [0.3, 0.4) is 0 Å². The number of hydrogen-bond acceptors (Lipinski definition) is 10. The van der Waals surface area contributed by atoms with E-state index < -0.39 is 48.4 Å². The van der Waals surface area contributed by atoms with Gasteiger partial charge in [-0.05, 0) is 89.1 Å². The molecule has 0 aliphatic rings. The fraction of sp³-hybridized carbons (Fsp3) is 0.389. The molecule has 0 unspecified atom stereocenters. The van der Waals surface area contributed by atoms with Gasteiger partial charge in [-0.1, -0.05) is 0 Å². The summed E-state index contributed by atoms with van der Waals surface area (Å²) in [7, 11) is 0. The molecular weight excluding hydrogens is 798 g/mol. The lowest BCUT2D eigenvalue weighted by atomic mass is 10.1. The van der Waals surface area contributed by atoms with Crippen LogP contribution in [0.15, 0.2) is 61.2 Å². The summed E-state index contributed by atoms with van der Waals surface area (Å²) in [6.07, 6.45) is -15.0. The zero-order chi connectivity index (χ0) is 42.8. The normalized spacial score (nSPS) is 13.7. The Labute approximate surface area is 322 Å². The van der Waals surface area contributed by atoms with Crippen molar-refractivity contribution in [1.29, 1.82) is 0 Å². The summed E-state index contributed by atoms with van der Waals surface area (Å²) in [5.41, 5.74) is 2.96. The van der Waals surface area contributed by atoms with E-state index in [9.17, 15) is 43.9 Å². The topological polar surface area (TPSA) is 123 Å². The van der Waals surface area contributed by atoms with Gasteiger partial charge < -0.3 is 18.9 Å². The minimum atomic E-state index is -4.49. The molecule has 0 amide bonds. The summed E-state index contributed by atoms with van der Waals surface area (Å²) in [5, 5.41) is 14.3. The fourth-order valence-corrected chi connectivity index (χ4v) is 5.31. The third-order valence-electron chi connectivity index (χ3n) is 8.25. The molecule has 312 valence electrons. The number of nitrogens with zero attached hydrogens (tertiary/aromatic N) is 8. The van der Waals surface area contributed by atoms with E-state index in [0.717, 1.165) is 22.6 Å². The predicted octanol–water partition coefficient (Wildman–Crippen LogP) is 9.03. The Morgan fingerprint density at radius 2 is 0.931 bits per heavy atom. The number of aryl methyl sites for hydroxylation is 2. The maximum absolute atomic E-state index is 14.1. The number of alkyl halides is 10. The molecule has 0 spiro atoms. The first kappa shape index (κ1) is 43.5. The summed E-state index contributed by atoms with van der Waals surface area (Å²) in [4.78, 5) is 8.36. The number of fused-ring (bicyclic) bond motifs is 2. The maximum Gasteiger partial charge on any atom is 0.425 e. The highest BCUT2D eigenvalue weighted by atomic mass is 19.4. The predicted molar refractivity (Wildman–Crippen MR) is 185 cm³/mol. The van der Waals surface area contributed by atoms with E-state index >= 15 is 0 Å². The molecule has 58 heavy (non-hydrogen) atoms. The SMILES string of the molecule is CCOC(F)(F)c1nnc2cnc(-c3ccc(O[C@@H](C)C(F)(F)F)cc3C)cn12.CCOC(F)(F)c1nnc2cnc(-c3ccc(O[C@H](C)C(F)(F)F)cc3C)cn12. The molecule has 22 heteroatoms. The van der Waals surface area contributed by atoms with Crippen molar-refractivity contribution in [2.75, 3.05) is 13.2 Å². The van der Waals surface area contributed by atoms with Crippen LogP contribution >= 0.6 is 0 Å². The van der Waals surface area contributed by atoms with Gasteiger partial charge in [0.05, 0.1) is 37.0 Å². The quantitative estimate of drug-likeness (QED) is 0.110. The Morgan fingerprint density at radius 3 is 1.24 bits per heavy atom. The second kappa shape index (κ2) is 16.7. The molecule has 0 aliphatic heterocycles. The monoisotopic (exact) mass is 832 g/mol. The molecule has 0 aliphatic carbocycles. The second-order valence-electron chi connectivity index (χ2n) is 12.5. The van der Waals surface area contributed by atoms with E-state index in [1.807, 2.05) is 0 Å². The summed E-state index contributed by atoms with van der Waals surface area (Å²) >= 11 is 0.